The maximum Gasteiger partial charge on any atom is 0.263 e. The molecule has 0 radical (unpaired) electrons. The van der Waals surface area contributed by atoms with Gasteiger partial charge in [-0.3, -0.25) is 9.78 Å². The Hall–Kier alpha value is -3.03. The van der Waals surface area contributed by atoms with Crippen LogP contribution in [0.25, 0.3) is 11.0 Å². The number of ether oxygens (including phenoxy) is 2. The van der Waals surface area contributed by atoms with Gasteiger partial charge in [-0.1, -0.05) is 6.07 Å². The molecule has 2 N–H and O–H groups in total. The van der Waals surface area contributed by atoms with Gasteiger partial charge in [-0.25, -0.2) is 4.68 Å². The monoisotopic (exact) mass is 357 g/mol. The molecule has 0 amide bonds. The molecule has 2 aromatic heterocycles. The summed E-state index contributed by atoms with van der Waals surface area (Å²) in [7, 11) is 1.61. The summed E-state index contributed by atoms with van der Waals surface area (Å²) in [5.41, 5.74) is 0.0640. The van der Waals surface area contributed by atoms with Gasteiger partial charge >= 0.3 is 0 Å². The fourth-order valence-corrected chi connectivity index (χ4v) is 2.52. The number of rotatable bonds is 6. The van der Waals surface area contributed by atoms with Crippen LogP contribution in [-0.2, 0) is 5.54 Å². The lowest BCUT2D eigenvalue weighted by atomic mass is 10.1. The molecule has 0 fully saturated rings. The van der Waals surface area contributed by atoms with Crippen LogP contribution in [0.2, 0.25) is 0 Å². The predicted molar refractivity (Wildman–Crippen MR) is 100 cm³/mol. The molecule has 1 aromatic carbocycles. The minimum atomic E-state index is -0.269. The van der Waals surface area contributed by atoms with Gasteiger partial charge in [0.1, 0.15) is 23.5 Å². The van der Waals surface area contributed by atoms with E-state index in [4.69, 9.17) is 9.47 Å². The first-order chi connectivity index (χ1) is 12.4. The molecule has 3 aromatic rings. The van der Waals surface area contributed by atoms with Gasteiger partial charge in [0.2, 0.25) is 5.95 Å². The Morgan fingerprint density at radius 1 is 1.27 bits per heavy atom. The van der Waals surface area contributed by atoms with Crippen LogP contribution in [0.4, 0.5) is 5.95 Å². The Balaban J connectivity index is 1.68. The van der Waals surface area contributed by atoms with Crippen molar-refractivity contribution < 1.29 is 9.47 Å². The highest BCUT2D eigenvalue weighted by molar-refractivity contribution is 5.74. The van der Waals surface area contributed by atoms with E-state index in [1.54, 1.807) is 18.0 Å². The Morgan fingerprint density at radius 2 is 2.04 bits per heavy atom. The van der Waals surface area contributed by atoms with Crippen LogP contribution in [0.1, 0.15) is 20.8 Å². The van der Waals surface area contributed by atoms with Crippen molar-refractivity contribution in [3.63, 3.8) is 0 Å². The Bertz CT molecular complexity index is 955. The van der Waals surface area contributed by atoms with Crippen LogP contribution in [0.5, 0.6) is 11.5 Å². The molecule has 3 rings (SSSR count). The van der Waals surface area contributed by atoms with Crippen molar-refractivity contribution in [1.29, 1.82) is 0 Å². The molecule has 138 valence electrons. The highest BCUT2D eigenvalue weighted by Crippen LogP contribution is 2.19. The third-order valence-electron chi connectivity index (χ3n) is 3.78. The van der Waals surface area contributed by atoms with Crippen molar-refractivity contribution in [2.24, 2.45) is 0 Å². The summed E-state index contributed by atoms with van der Waals surface area (Å²) in [6.45, 7) is 6.93. The highest BCUT2D eigenvalue weighted by atomic mass is 16.5. The molecule has 0 atom stereocenters. The van der Waals surface area contributed by atoms with Gasteiger partial charge in [0, 0.05) is 6.07 Å². The van der Waals surface area contributed by atoms with E-state index in [1.165, 1.54) is 0 Å². The molecule has 0 bridgehead atoms. The Morgan fingerprint density at radius 3 is 2.77 bits per heavy atom. The average molecular weight is 357 g/mol. The summed E-state index contributed by atoms with van der Waals surface area (Å²) >= 11 is 0. The largest absolute Gasteiger partial charge is 0.497 e. The van der Waals surface area contributed by atoms with Crippen LogP contribution in [0.15, 0.2) is 35.3 Å². The lowest BCUT2D eigenvalue weighted by Crippen LogP contribution is -2.24. The van der Waals surface area contributed by atoms with Crippen LogP contribution >= 0.6 is 0 Å². The second kappa shape index (κ2) is 7.07. The SMILES string of the molecule is COc1cccc(OCCNc2nc3c(cnn3C(C)(C)C)c(=O)[nH]2)c1. The van der Waals surface area contributed by atoms with Crippen molar-refractivity contribution in [2.75, 3.05) is 25.6 Å². The standard InChI is InChI=1S/C18H23N5O3/c1-18(2,3)23-15-14(11-20-23)16(24)22-17(21-15)19-8-9-26-13-7-5-6-12(10-13)25-4/h5-7,10-11H,8-9H2,1-4H3,(H2,19,21,22,24). The van der Waals surface area contributed by atoms with Crippen LogP contribution < -0.4 is 20.3 Å². The first kappa shape index (κ1) is 17.8. The van der Waals surface area contributed by atoms with Gasteiger partial charge in [-0.05, 0) is 32.9 Å². The molecule has 0 unspecified atom stereocenters. The van der Waals surface area contributed by atoms with Gasteiger partial charge in [0.25, 0.3) is 5.56 Å². The molecule has 2 heterocycles. The topological polar surface area (TPSA) is 94.1 Å². The van der Waals surface area contributed by atoms with Gasteiger partial charge in [0.05, 0.1) is 25.4 Å². The molecule has 0 aliphatic rings. The number of hydrogen-bond acceptors (Lipinski definition) is 6. The van der Waals surface area contributed by atoms with E-state index in [0.29, 0.717) is 35.9 Å². The molecular formula is C18H23N5O3. The Labute approximate surface area is 151 Å². The predicted octanol–water partition coefficient (Wildman–Crippen LogP) is 2.37. The van der Waals surface area contributed by atoms with Crippen molar-refractivity contribution in [2.45, 2.75) is 26.3 Å². The zero-order valence-electron chi connectivity index (χ0n) is 15.4. The van der Waals surface area contributed by atoms with E-state index in [9.17, 15) is 4.79 Å². The number of methoxy groups -OCH3 is 1. The van der Waals surface area contributed by atoms with E-state index in [0.717, 1.165) is 5.75 Å². The molecule has 8 nitrogen and oxygen atoms in total. The second-order valence-electron chi connectivity index (χ2n) is 6.83. The van der Waals surface area contributed by atoms with Gasteiger partial charge in [0.15, 0.2) is 5.65 Å². The van der Waals surface area contributed by atoms with Crippen LogP contribution in [-0.4, -0.2) is 40.0 Å². The number of fused-ring (bicyclic) bond motifs is 1. The number of aromatic amines is 1. The summed E-state index contributed by atoms with van der Waals surface area (Å²) in [4.78, 5) is 19.4. The molecule has 26 heavy (non-hydrogen) atoms. The quantitative estimate of drug-likeness (QED) is 0.658. The first-order valence-corrected chi connectivity index (χ1v) is 8.38. The van der Waals surface area contributed by atoms with E-state index >= 15 is 0 Å². The van der Waals surface area contributed by atoms with Crippen LogP contribution in [0, 0.1) is 0 Å². The van der Waals surface area contributed by atoms with Crippen molar-refractivity contribution >= 4 is 17.0 Å². The summed E-state index contributed by atoms with van der Waals surface area (Å²) in [6.07, 6.45) is 1.54. The molecule has 8 heteroatoms. The zero-order chi connectivity index (χ0) is 18.7. The maximum atomic E-state index is 12.2. The highest BCUT2D eigenvalue weighted by Gasteiger charge is 2.19. The van der Waals surface area contributed by atoms with E-state index in [1.807, 2.05) is 45.0 Å². The maximum absolute atomic E-state index is 12.2. The molecule has 0 spiro atoms. The Kier molecular flexibility index (Phi) is 4.83. The van der Waals surface area contributed by atoms with Crippen molar-refractivity contribution in [1.82, 2.24) is 19.7 Å². The van der Waals surface area contributed by atoms with Crippen molar-refractivity contribution in [3.05, 3.63) is 40.8 Å². The normalized spacial score (nSPS) is 11.5. The molecule has 0 aliphatic heterocycles. The number of hydrogen-bond donors (Lipinski definition) is 2. The zero-order valence-corrected chi connectivity index (χ0v) is 15.4. The molecule has 0 saturated carbocycles. The minimum absolute atomic E-state index is 0.221. The number of anilines is 1. The third kappa shape index (κ3) is 3.79. The van der Waals surface area contributed by atoms with Crippen molar-refractivity contribution in [3.8, 4) is 11.5 Å². The summed E-state index contributed by atoms with van der Waals surface area (Å²) in [6, 6.07) is 7.39. The molecular weight excluding hydrogens is 334 g/mol. The minimum Gasteiger partial charge on any atom is -0.497 e. The molecule has 0 saturated heterocycles. The molecule has 0 aliphatic carbocycles. The van der Waals surface area contributed by atoms with Gasteiger partial charge in [-0.15, -0.1) is 0 Å². The fourth-order valence-electron chi connectivity index (χ4n) is 2.52. The number of H-pyrrole nitrogens is 1. The lowest BCUT2D eigenvalue weighted by molar-refractivity contribution is 0.329. The number of aromatic nitrogens is 4. The number of nitrogens with one attached hydrogen (secondary N) is 2. The smallest absolute Gasteiger partial charge is 0.263 e. The van der Waals surface area contributed by atoms with Crippen LogP contribution in [0.3, 0.4) is 0 Å². The van der Waals surface area contributed by atoms with Gasteiger partial charge < -0.3 is 14.8 Å². The van der Waals surface area contributed by atoms with E-state index in [-0.39, 0.29) is 11.1 Å². The number of nitrogens with zero attached hydrogens (tertiary/aromatic N) is 3. The van der Waals surface area contributed by atoms with E-state index < -0.39 is 0 Å². The third-order valence-corrected chi connectivity index (χ3v) is 3.78. The van der Waals surface area contributed by atoms with E-state index in [2.05, 4.69) is 20.4 Å². The second-order valence-corrected chi connectivity index (χ2v) is 6.83. The lowest BCUT2D eigenvalue weighted by Gasteiger charge is -2.19. The summed E-state index contributed by atoms with van der Waals surface area (Å²) < 4.78 is 12.6. The number of benzene rings is 1. The van der Waals surface area contributed by atoms with Gasteiger partial charge in [-0.2, -0.15) is 10.1 Å². The fraction of sp³-hybridized carbons (Fsp3) is 0.389. The first-order valence-electron chi connectivity index (χ1n) is 8.38. The summed E-state index contributed by atoms with van der Waals surface area (Å²) in [5, 5.41) is 7.84. The summed E-state index contributed by atoms with van der Waals surface area (Å²) in [5.74, 6) is 1.85. The average Bonchev–Trinajstić information content (AvgIpc) is 3.04.